The van der Waals surface area contributed by atoms with Crippen LogP contribution in [0.4, 0.5) is 27.6 Å². The Morgan fingerprint density at radius 1 is 1.04 bits per heavy atom. The minimum absolute atomic E-state index is 0.0500. The summed E-state index contributed by atoms with van der Waals surface area (Å²) in [5.41, 5.74) is -4.04. The first kappa shape index (κ1) is 34.6. The van der Waals surface area contributed by atoms with Crippen molar-refractivity contribution in [2.75, 3.05) is 44.5 Å². The van der Waals surface area contributed by atoms with Crippen molar-refractivity contribution in [1.29, 1.82) is 0 Å². The number of rotatable bonds is 8. The first-order valence-electron chi connectivity index (χ1n) is 14.6. The van der Waals surface area contributed by atoms with Crippen molar-refractivity contribution in [3.63, 3.8) is 0 Å². The Hall–Kier alpha value is -4.77. The molecule has 0 radical (unpaired) electrons. The molecule has 2 atom stereocenters. The summed E-state index contributed by atoms with van der Waals surface area (Å²) in [6.45, 7) is -0.547. The van der Waals surface area contributed by atoms with E-state index in [0.29, 0.717) is 17.8 Å². The summed E-state index contributed by atoms with van der Waals surface area (Å²) in [5.74, 6) is -4.30. The van der Waals surface area contributed by atoms with E-state index in [1.54, 1.807) is 6.92 Å². The maximum Gasteiger partial charge on any atom is 0.411 e. The van der Waals surface area contributed by atoms with E-state index < -0.39 is 77.4 Å². The zero-order chi connectivity index (χ0) is 35.1. The number of nitrogens with zero attached hydrogens (tertiary/aromatic N) is 3. The minimum atomic E-state index is -4.77. The van der Waals surface area contributed by atoms with Crippen molar-refractivity contribution in [3.05, 3.63) is 73.6 Å². The van der Waals surface area contributed by atoms with Gasteiger partial charge in [0.2, 0.25) is 0 Å². The number of aldehydes is 1. The number of fused-ring (bicyclic) bond motifs is 1. The number of nitrogens with one attached hydrogen (secondary N) is 1. The Morgan fingerprint density at radius 2 is 1.69 bits per heavy atom. The molecule has 0 bridgehead atoms. The van der Waals surface area contributed by atoms with Crippen molar-refractivity contribution >= 4 is 17.9 Å². The molecule has 0 aliphatic carbocycles. The van der Waals surface area contributed by atoms with Crippen molar-refractivity contribution in [2.24, 2.45) is 14.1 Å². The summed E-state index contributed by atoms with van der Waals surface area (Å²) in [6, 6.07) is 1.91. The van der Waals surface area contributed by atoms with Gasteiger partial charge in [-0.3, -0.25) is 14.2 Å². The van der Waals surface area contributed by atoms with Gasteiger partial charge in [0.25, 0.3) is 11.5 Å². The lowest BCUT2D eigenvalue weighted by Crippen LogP contribution is -2.55. The van der Waals surface area contributed by atoms with Crippen LogP contribution in [0, 0.1) is 18.6 Å². The van der Waals surface area contributed by atoms with Crippen LogP contribution >= 0.6 is 0 Å². The van der Waals surface area contributed by atoms with Crippen LogP contribution in [-0.2, 0) is 30.0 Å². The third-order valence-electron chi connectivity index (χ3n) is 8.46. The fourth-order valence-electron chi connectivity index (χ4n) is 5.79. The number of ether oxygens (including phenoxy) is 3. The summed E-state index contributed by atoms with van der Waals surface area (Å²) in [5, 5.41) is 12.4. The lowest BCUT2D eigenvalue weighted by molar-refractivity contribution is -0.167. The number of anilines is 1. The van der Waals surface area contributed by atoms with Gasteiger partial charge in [0, 0.05) is 49.6 Å². The van der Waals surface area contributed by atoms with Gasteiger partial charge >= 0.3 is 11.9 Å². The highest BCUT2D eigenvalue weighted by Gasteiger charge is 2.46. The molecule has 1 fully saturated rings. The van der Waals surface area contributed by atoms with Gasteiger partial charge in [-0.25, -0.2) is 13.6 Å². The molecule has 3 heterocycles. The number of halogens is 5. The van der Waals surface area contributed by atoms with Gasteiger partial charge in [0.05, 0.1) is 25.4 Å². The van der Waals surface area contributed by atoms with E-state index in [-0.39, 0.29) is 60.8 Å². The van der Waals surface area contributed by atoms with Crippen LogP contribution < -0.4 is 30.9 Å². The SMILES string of the molecule is Cc1c(-c2ccc(C[C@](C=O)(CO)NC(=O)c3c(F)cc(N4CCOC[C@@H]4C(F)(F)F)cc3F)c3c2OCCO3)c(=O)n(C)c(=O)n1C. The zero-order valence-corrected chi connectivity index (χ0v) is 26.0. The number of aliphatic hydroxyl groups is 1. The van der Waals surface area contributed by atoms with Gasteiger partial charge in [-0.2, -0.15) is 13.2 Å². The Kier molecular flexibility index (Phi) is 9.38. The molecule has 2 N–H and O–H groups in total. The van der Waals surface area contributed by atoms with Crippen LogP contribution in [0.25, 0.3) is 11.1 Å². The van der Waals surface area contributed by atoms with Crippen LogP contribution in [0.3, 0.4) is 0 Å². The van der Waals surface area contributed by atoms with Crippen molar-refractivity contribution in [2.45, 2.75) is 31.1 Å². The van der Waals surface area contributed by atoms with Crippen LogP contribution in [0.5, 0.6) is 11.5 Å². The molecule has 1 amide bonds. The molecule has 0 spiro atoms. The number of morpholine rings is 1. The highest BCUT2D eigenvalue weighted by Crippen LogP contribution is 2.43. The van der Waals surface area contributed by atoms with E-state index in [0.717, 1.165) is 9.47 Å². The fraction of sp³-hybridized carbons (Fsp3) is 0.419. The molecule has 2 aromatic carbocycles. The van der Waals surface area contributed by atoms with E-state index in [2.05, 4.69) is 5.32 Å². The first-order valence-corrected chi connectivity index (χ1v) is 14.6. The maximum absolute atomic E-state index is 15.3. The molecule has 2 aliphatic rings. The van der Waals surface area contributed by atoms with E-state index in [1.165, 1.54) is 30.8 Å². The zero-order valence-electron chi connectivity index (χ0n) is 26.0. The number of hydrogen-bond acceptors (Lipinski definition) is 9. The summed E-state index contributed by atoms with van der Waals surface area (Å²) < 4.78 is 89.9. The van der Waals surface area contributed by atoms with Gasteiger partial charge in [0.1, 0.15) is 48.3 Å². The molecule has 5 rings (SSSR count). The Labute approximate surface area is 269 Å². The highest BCUT2D eigenvalue weighted by molar-refractivity contribution is 5.97. The number of aromatic nitrogens is 2. The summed E-state index contributed by atoms with van der Waals surface area (Å²) in [6.07, 6.45) is -5.07. The van der Waals surface area contributed by atoms with Crippen LogP contribution in [-0.4, -0.2) is 83.8 Å². The molecule has 1 saturated heterocycles. The molecule has 1 aromatic heterocycles. The van der Waals surface area contributed by atoms with Gasteiger partial charge < -0.3 is 38.9 Å². The number of carbonyl (C=O) groups excluding carboxylic acids is 2. The number of carbonyl (C=O) groups is 2. The average molecular weight is 683 g/mol. The minimum Gasteiger partial charge on any atom is -0.486 e. The summed E-state index contributed by atoms with van der Waals surface area (Å²) >= 11 is 0. The Bertz CT molecular complexity index is 1870. The largest absolute Gasteiger partial charge is 0.486 e. The molecule has 3 aromatic rings. The predicted octanol–water partition coefficient (Wildman–Crippen LogP) is 1.78. The third kappa shape index (κ3) is 6.14. The highest BCUT2D eigenvalue weighted by atomic mass is 19.4. The quantitative estimate of drug-likeness (QED) is 0.269. The molecule has 0 saturated carbocycles. The average Bonchev–Trinajstić information content (AvgIpc) is 3.06. The maximum atomic E-state index is 15.3. The topological polar surface area (TPSA) is 141 Å². The van der Waals surface area contributed by atoms with Gasteiger partial charge in [-0.1, -0.05) is 6.07 Å². The monoisotopic (exact) mass is 682 g/mol. The fourth-order valence-corrected chi connectivity index (χ4v) is 5.79. The standard InChI is InChI=1S/C31H31F5N4O8/c1-16-23(28(44)39(3)29(45)38(16)2)19-5-4-17(25-26(19)48-9-8-47-25)12-30(14-41,15-42)37-27(43)24-20(32)10-18(11-21(24)33)40-6-7-46-13-22(40)31(34,35)36/h4-5,10-11,14,22,42H,6-9,12-13,15H2,1-3H3,(H,37,43)/t22-,30+/m1/s1. The normalized spacial score (nSPS) is 17.5. The smallest absolute Gasteiger partial charge is 0.411 e. The second-order valence-electron chi connectivity index (χ2n) is 11.5. The lowest BCUT2D eigenvalue weighted by atomic mass is 9.90. The lowest BCUT2D eigenvalue weighted by Gasteiger charge is -2.38. The Morgan fingerprint density at radius 3 is 2.29 bits per heavy atom. The van der Waals surface area contributed by atoms with Gasteiger partial charge in [-0.15, -0.1) is 0 Å². The molecule has 17 heteroatoms. The molecular formula is C31H31F5N4O8. The molecule has 258 valence electrons. The summed E-state index contributed by atoms with van der Waals surface area (Å²) in [7, 11) is 2.80. The second-order valence-corrected chi connectivity index (χ2v) is 11.5. The van der Waals surface area contributed by atoms with Crippen LogP contribution in [0.1, 0.15) is 21.6 Å². The molecular weight excluding hydrogens is 651 g/mol. The van der Waals surface area contributed by atoms with Crippen LogP contribution in [0.15, 0.2) is 33.9 Å². The number of aliphatic hydroxyl groups excluding tert-OH is 1. The number of benzene rings is 2. The van der Waals surface area contributed by atoms with E-state index in [9.17, 15) is 37.5 Å². The first-order chi connectivity index (χ1) is 22.6. The molecule has 48 heavy (non-hydrogen) atoms. The second kappa shape index (κ2) is 13.0. The van der Waals surface area contributed by atoms with E-state index in [4.69, 9.17) is 14.2 Å². The number of alkyl halides is 3. The summed E-state index contributed by atoms with van der Waals surface area (Å²) in [4.78, 5) is 51.9. The van der Waals surface area contributed by atoms with E-state index >= 15 is 8.78 Å². The van der Waals surface area contributed by atoms with Crippen molar-refractivity contribution in [1.82, 2.24) is 14.5 Å². The van der Waals surface area contributed by atoms with Crippen LogP contribution in [0.2, 0.25) is 0 Å². The van der Waals surface area contributed by atoms with E-state index in [1.807, 2.05) is 0 Å². The molecule has 12 nitrogen and oxygen atoms in total. The third-order valence-corrected chi connectivity index (χ3v) is 8.46. The Balaban J connectivity index is 1.48. The number of hydrogen-bond donors (Lipinski definition) is 2. The van der Waals surface area contributed by atoms with Crippen molar-refractivity contribution in [3.8, 4) is 22.6 Å². The van der Waals surface area contributed by atoms with Gasteiger partial charge in [-0.05, 0) is 25.1 Å². The van der Waals surface area contributed by atoms with Gasteiger partial charge in [0.15, 0.2) is 11.5 Å². The predicted molar refractivity (Wildman–Crippen MR) is 160 cm³/mol. The molecule has 0 unspecified atom stereocenters. The molecule has 2 aliphatic heterocycles. The van der Waals surface area contributed by atoms with Crippen molar-refractivity contribution < 1.29 is 50.9 Å². The number of amides is 1.